The van der Waals surface area contributed by atoms with Crippen LogP contribution in [0.15, 0.2) is 42.5 Å². The molecule has 0 atom stereocenters. The fraction of sp³-hybridized carbons (Fsp3) is 0.0714. The van der Waals surface area contributed by atoms with Gasteiger partial charge in [0, 0.05) is 21.8 Å². The molecular weight excluding hydrogens is 250 g/mol. The van der Waals surface area contributed by atoms with Gasteiger partial charge in [-0.2, -0.15) is 0 Å². The van der Waals surface area contributed by atoms with Gasteiger partial charge in [0.25, 0.3) is 0 Å². The van der Waals surface area contributed by atoms with E-state index in [1.807, 2.05) is 0 Å². The number of nitrogen functional groups attached to an aromatic ring is 1. The topological polar surface area (TPSA) is 52.3 Å². The number of nitrogens with two attached hydrogens (primary N) is 1. The van der Waals surface area contributed by atoms with Crippen molar-refractivity contribution in [2.75, 3.05) is 12.8 Å². The van der Waals surface area contributed by atoms with E-state index in [-0.39, 0.29) is 5.78 Å². The molecule has 0 fully saturated rings. The van der Waals surface area contributed by atoms with Crippen molar-refractivity contribution in [1.29, 1.82) is 0 Å². The smallest absolute Gasteiger partial charge is 0.193 e. The summed E-state index contributed by atoms with van der Waals surface area (Å²) >= 11 is 5.88. The Morgan fingerprint density at radius 3 is 2.33 bits per heavy atom. The maximum absolute atomic E-state index is 12.2. The first-order valence-electron chi connectivity index (χ1n) is 5.35. The van der Waals surface area contributed by atoms with Crippen LogP contribution < -0.4 is 10.5 Å². The summed E-state index contributed by atoms with van der Waals surface area (Å²) in [5.74, 6) is 0.587. The second kappa shape index (κ2) is 5.10. The van der Waals surface area contributed by atoms with Crippen LogP contribution in [0, 0.1) is 0 Å². The van der Waals surface area contributed by atoms with Gasteiger partial charge in [-0.05, 0) is 42.5 Å². The van der Waals surface area contributed by atoms with Crippen LogP contribution in [0.1, 0.15) is 15.9 Å². The fourth-order valence-electron chi connectivity index (χ4n) is 1.65. The van der Waals surface area contributed by atoms with Crippen LogP contribution in [0.5, 0.6) is 5.75 Å². The third-order valence-corrected chi connectivity index (χ3v) is 2.75. The van der Waals surface area contributed by atoms with E-state index in [4.69, 9.17) is 22.1 Å². The van der Waals surface area contributed by atoms with Gasteiger partial charge in [0.15, 0.2) is 5.78 Å². The zero-order valence-corrected chi connectivity index (χ0v) is 10.6. The van der Waals surface area contributed by atoms with Crippen molar-refractivity contribution in [3.63, 3.8) is 0 Å². The molecule has 0 aliphatic heterocycles. The molecule has 0 amide bonds. The molecule has 2 rings (SSSR count). The Morgan fingerprint density at radius 2 is 1.78 bits per heavy atom. The van der Waals surface area contributed by atoms with E-state index in [0.717, 1.165) is 0 Å². The number of methoxy groups -OCH3 is 1. The van der Waals surface area contributed by atoms with Crippen LogP contribution >= 0.6 is 11.6 Å². The van der Waals surface area contributed by atoms with Crippen LogP contribution in [0.2, 0.25) is 5.02 Å². The molecule has 0 heterocycles. The molecule has 0 aliphatic carbocycles. The Hall–Kier alpha value is -2.00. The molecule has 18 heavy (non-hydrogen) atoms. The van der Waals surface area contributed by atoms with Gasteiger partial charge in [-0.3, -0.25) is 4.79 Å². The quantitative estimate of drug-likeness (QED) is 0.682. The lowest BCUT2D eigenvalue weighted by atomic mass is 10.0. The van der Waals surface area contributed by atoms with Crippen molar-refractivity contribution in [3.05, 3.63) is 58.6 Å². The molecular formula is C14H12ClNO2. The van der Waals surface area contributed by atoms with Gasteiger partial charge in [0.05, 0.1) is 7.11 Å². The van der Waals surface area contributed by atoms with E-state index in [9.17, 15) is 4.79 Å². The first-order chi connectivity index (χ1) is 8.60. The lowest BCUT2D eigenvalue weighted by Gasteiger charge is -2.05. The summed E-state index contributed by atoms with van der Waals surface area (Å²) in [5, 5.41) is 0.451. The number of hydrogen-bond donors (Lipinski definition) is 1. The summed E-state index contributed by atoms with van der Waals surface area (Å²) in [6.45, 7) is 0. The zero-order valence-electron chi connectivity index (χ0n) is 9.81. The van der Waals surface area contributed by atoms with Crippen molar-refractivity contribution in [2.24, 2.45) is 0 Å². The third kappa shape index (κ3) is 2.63. The number of anilines is 1. The molecule has 3 nitrogen and oxygen atoms in total. The van der Waals surface area contributed by atoms with Gasteiger partial charge in [-0.25, -0.2) is 0 Å². The first-order valence-corrected chi connectivity index (χ1v) is 5.73. The molecule has 2 N–H and O–H groups in total. The lowest BCUT2D eigenvalue weighted by Crippen LogP contribution is -2.02. The van der Waals surface area contributed by atoms with E-state index in [1.165, 1.54) is 0 Å². The fourth-order valence-corrected chi connectivity index (χ4v) is 1.90. The second-order valence-electron chi connectivity index (χ2n) is 3.83. The summed E-state index contributed by atoms with van der Waals surface area (Å²) < 4.78 is 5.04. The Balaban J connectivity index is 2.34. The Morgan fingerprint density at radius 1 is 1.11 bits per heavy atom. The number of carbonyl (C=O) groups excluding carboxylic acids is 1. The molecule has 0 spiro atoms. The van der Waals surface area contributed by atoms with Gasteiger partial charge < -0.3 is 10.5 Å². The lowest BCUT2D eigenvalue weighted by molar-refractivity contribution is 0.103. The highest BCUT2D eigenvalue weighted by atomic mass is 35.5. The van der Waals surface area contributed by atoms with Gasteiger partial charge in [0.2, 0.25) is 0 Å². The van der Waals surface area contributed by atoms with Crippen LogP contribution in [0.25, 0.3) is 0 Å². The van der Waals surface area contributed by atoms with Crippen molar-refractivity contribution in [1.82, 2.24) is 0 Å². The molecule has 4 heteroatoms. The van der Waals surface area contributed by atoms with Gasteiger partial charge >= 0.3 is 0 Å². The normalized spacial score (nSPS) is 10.1. The van der Waals surface area contributed by atoms with Crippen molar-refractivity contribution >= 4 is 23.1 Å². The van der Waals surface area contributed by atoms with E-state index in [0.29, 0.717) is 27.6 Å². The number of carbonyl (C=O) groups is 1. The number of hydrogen-bond acceptors (Lipinski definition) is 3. The van der Waals surface area contributed by atoms with Crippen LogP contribution in [-0.4, -0.2) is 12.9 Å². The molecule has 0 saturated carbocycles. The summed E-state index contributed by atoms with van der Waals surface area (Å²) in [6, 6.07) is 11.7. The predicted octanol–water partition coefficient (Wildman–Crippen LogP) is 3.16. The average molecular weight is 262 g/mol. The molecule has 0 unspecified atom stereocenters. The molecule has 0 saturated heterocycles. The molecule has 0 radical (unpaired) electrons. The molecule has 0 bridgehead atoms. The van der Waals surface area contributed by atoms with E-state index < -0.39 is 0 Å². The third-order valence-electron chi connectivity index (χ3n) is 2.53. The minimum Gasteiger partial charge on any atom is -0.497 e. The molecule has 0 aliphatic rings. The van der Waals surface area contributed by atoms with Crippen LogP contribution in [-0.2, 0) is 0 Å². The molecule has 2 aromatic carbocycles. The van der Waals surface area contributed by atoms with Crippen molar-refractivity contribution < 1.29 is 9.53 Å². The Bertz CT molecular complexity index is 559. The number of halogens is 1. The summed E-state index contributed by atoms with van der Waals surface area (Å²) in [7, 11) is 1.58. The maximum Gasteiger partial charge on any atom is 0.193 e. The van der Waals surface area contributed by atoms with Crippen LogP contribution in [0.4, 0.5) is 5.69 Å². The van der Waals surface area contributed by atoms with E-state index >= 15 is 0 Å². The Labute approximate surface area is 110 Å². The van der Waals surface area contributed by atoms with E-state index in [1.54, 1.807) is 49.6 Å². The van der Waals surface area contributed by atoms with E-state index in [2.05, 4.69) is 0 Å². The zero-order chi connectivity index (χ0) is 13.1. The van der Waals surface area contributed by atoms with Crippen molar-refractivity contribution in [3.8, 4) is 5.75 Å². The monoisotopic (exact) mass is 261 g/mol. The molecule has 92 valence electrons. The largest absolute Gasteiger partial charge is 0.497 e. The van der Waals surface area contributed by atoms with Gasteiger partial charge in [-0.15, -0.1) is 0 Å². The summed E-state index contributed by atoms with van der Waals surface area (Å²) in [6.07, 6.45) is 0. The summed E-state index contributed by atoms with van der Waals surface area (Å²) in [5.41, 5.74) is 7.18. The number of benzene rings is 2. The summed E-state index contributed by atoms with van der Waals surface area (Å²) in [4.78, 5) is 12.2. The SMILES string of the molecule is COc1ccc(C(=O)c2cc(N)cc(Cl)c2)cc1. The minimum atomic E-state index is -0.119. The molecule has 2 aromatic rings. The number of rotatable bonds is 3. The van der Waals surface area contributed by atoms with Gasteiger partial charge in [-0.1, -0.05) is 11.6 Å². The predicted molar refractivity (Wildman–Crippen MR) is 72.3 cm³/mol. The number of ketones is 1. The van der Waals surface area contributed by atoms with Crippen LogP contribution in [0.3, 0.4) is 0 Å². The highest BCUT2D eigenvalue weighted by Gasteiger charge is 2.10. The number of ether oxygens (including phenoxy) is 1. The second-order valence-corrected chi connectivity index (χ2v) is 4.27. The highest BCUT2D eigenvalue weighted by molar-refractivity contribution is 6.31. The van der Waals surface area contributed by atoms with Gasteiger partial charge in [0.1, 0.15) is 5.75 Å². The minimum absolute atomic E-state index is 0.119. The Kier molecular flexibility index (Phi) is 3.53. The highest BCUT2D eigenvalue weighted by Crippen LogP contribution is 2.20. The van der Waals surface area contributed by atoms with Crippen molar-refractivity contribution in [2.45, 2.75) is 0 Å². The average Bonchev–Trinajstić information content (AvgIpc) is 2.37. The standard InChI is InChI=1S/C14H12ClNO2/c1-18-13-4-2-9(3-5-13)14(17)10-6-11(15)8-12(16)7-10/h2-8H,16H2,1H3. The first kappa shape index (κ1) is 12.5. The maximum atomic E-state index is 12.2. The molecule has 0 aromatic heterocycles.